The van der Waals surface area contributed by atoms with E-state index in [4.69, 9.17) is 10.4 Å². The number of hydrogen-bond acceptors (Lipinski definition) is 3. The van der Waals surface area contributed by atoms with Gasteiger partial charge in [-0.05, 0) is 24.6 Å². The van der Waals surface area contributed by atoms with Gasteiger partial charge in [0.1, 0.15) is 5.82 Å². The van der Waals surface area contributed by atoms with E-state index in [0.29, 0.717) is 6.42 Å². The van der Waals surface area contributed by atoms with Crippen LogP contribution in [0.1, 0.15) is 25.3 Å². The van der Waals surface area contributed by atoms with Gasteiger partial charge in [-0.1, -0.05) is 6.92 Å². The summed E-state index contributed by atoms with van der Waals surface area (Å²) in [4.78, 5) is 22.2. The van der Waals surface area contributed by atoms with Crippen molar-refractivity contribution in [3.05, 3.63) is 29.6 Å². The van der Waals surface area contributed by atoms with Crippen LogP contribution in [0.2, 0.25) is 0 Å². The third-order valence-electron chi connectivity index (χ3n) is 2.60. The minimum Gasteiger partial charge on any atom is -0.481 e. The first kappa shape index (κ1) is 15.4. The number of anilines is 1. The number of rotatable bonds is 5. The van der Waals surface area contributed by atoms with E-state index < -0.39 is 23.9 Å². The number of nitriles is 1. The second-order valence-corrected chi connectivity index (χ2v) is 4.11. The number of aliphatic carboxylic acids is 1. The van der Waals surface area contributed by atoms with Crippen LogP contribution in [0.5, 0.6) is 0 Å². The number of urea groups is 1. The lowest BCUT2D eigenvalue weighted by atomic mass is 10.1. The van der Waals surface area contributed by atoms with Gasteiger partial charge in [0.15, 0.2) is 0 Å². The molecule has 0 radical (unpaired) electrons. The summed E-state index contributed by atoms with van der Waals surface area (Å²) in [5.41, 5.74) is 0.0671. The number of nitrogens with zero attached hydrogens (tertiary/aromatic N) is 1. The summed E-state index contributed by atoms with van der Waals surface area (Å²) >= 11 is 0. The molecule has 1 aromatic rings. The van der Waals surface area contributed by atoms with Crippen LogP contribution >= 0.6 is 0 Å². The van der Waals surface area contributed by atoms with Crippen molar-refractivity contribution >= 4 is 17.7 Å². The van der Waals surface area contributed by atoms with Gasteiger partial charge >= 0.3 is 12.0 Å². The van der Waals surface area contributed by atoms with Crippen LogP contribution in [0.25, 0.3) is 0 Å². The minimum atomic E-state index is -1.03. The molecule has 0 bridgehead atoms. The molecular weight excluding hydrogens is 265 g/mol. The van der Waals surface area contributed by atoms with Gasteiger partial charge in [0.05, 0.1) is 23.7 Å². The number of hydrogen-bond donors (Lipinski definition) is 3. The number of amides is 2. The molecule has 2 amide bonds. The lowest BCUT2D eigenvalue weighted by Gasteiger charge is -2.15. The molecule has 0 aliphatic heterocycles. The zero-order valence-corrected chi connectivity index (χ0v) is 10.8. The number of nitrogens with one attached hydrogen (secondary N) is 2. The monoisotopic (exact) mass is 279 g/mol. The molecule has 0 saturated carbocycles. The molecule has 0 fully saturated rings. The summed E-state index contributed by atoms with van der Waals surface area (Å²) in [6.07, 6.45) is 0.231. The minimum absolute atomic E-state index is 0.0771. The molecule has 106 valence electrons. The summed E-state index contributed by atoms with van der Waals surface area (Å²) in [6, 6.07) is 4.19. The number of halogens is 1. The standard InChI is InChI=1S/C13H14FN3O3/c1-2-9(6-12(18)19)16-13(20)17-11-4-3-8(7-15)5-10(11)14/h3-5,9H,2,6H2,1H3,(H,18,19)(H2,16,17,20). The highest BCUT2D eigenvalue weighted by atomic mass is 19.1. The lowest BCUT2D eigenvalue weighted by molar-refractivity contribution is -0.137. The predicted molar refractivity (Wildman–Crippen MR) is 69.6 cm³/mol. The summed E-state index contributed by atoms with van der Waals surface area (Å²) in [6.45, 7) is 1.73. The molecule has 1 aromatic carbocycles. The second-order valence-electron chi connectivity index (χ2n) is 4.11. The zero-order chi connectivity index (χ0) is 15.1. The lowest BCUT2D eigenvalue weighted by Crippen LogP contribution is -2.39. The molecule has 1 unspecified atom stereocenters. The Morgan fingerprint density at radius 1 is 1.50 bits per heavy atom. The molecule has 1 atom stereocenters. The highest BCUT2D eigenvalue weighted by Gasteiger charge is 2.15. The Morgan fingerprint density at radius 2 is 2.20 bits per heavy atom. The Balaban J connectivity index is 2.66. The van der Waals surface area contributed by atoms with Gasteiger partial charge in [-0.25, -0.2) is 9.18 Å². The van der Waals surface area contributed by atoms with Crippen molar-refractivity contribution in [3.8, 4) is 6.07 Å². The van der Waals surface area contributed by atoms with Crippen LogP contribution in [0.4, 0.5) is 14.9 Å². The number of carboxylic acids is 1. The fraction of sp³-hybridized carbons (Fsp3) is 0.308. The van der Waals surface area contributed by atoms with E-state index in [1.807, 2.05) is 0 Å². The van der Waals surface area contributed by atoms with Crippen molar-refractivity contribution in [2.24, 2.45) is 0 Å². The van der Waals surface area contributed by atoms with Crippen molar-refractivity contribution in [2.75, 3.05) is 5.32 Å². The highest BCUT2D eigenvalue weighted by Crippen LogP contribution is 2.15. The molecule has 0 saturated heterocycles. The fourth-order valence-electron chi connectivity index (χ4n) is 1.54. The molecule has 20 heavy (non-hydrogen) atoms. The fourth-order valence-corrected chi connectivity index (χ4v) is 1.54. The number of carbonyl (C=O) groups is 2. The van der Waals surface area contributed by atoms with E-state index in [9.17, 15) is 14.0 Å². The topological polar surface area (TPSA) is 102 Å². The van der Waals surface area contributed by atoms with Crippen molar-refractivity contribution < 1.29 is 19.1 Å². The zero-order valence-electron chi connectivity index (χ0n) is 10.8. The summed E-state index contributed by atoms with van der Waals surface area (Å²) in [7, 11) is 0. The Labute approximate surface area is 115 Å². The van der Waals surface area contributed by atoms with Gasteiger partial charge in [-0.15, -0.1) is 0 Å². The van der Waals surface area contributed by atoms with Crippen LogP contribution in [0.15, 0.2) is 18.2 Å². The molecule has 0 aliphatic rings. The van der Waals surface area contributed by atoms with Gasteiger partial charge in [-0.2, -0.15) is 5.26 Å². The Kier molecular flexibility index (Phi) is 5.47. The van der Waals surface area contributed by atoms with Crippen molar-refractivity contribution in [2.45, 2.75) is 25.8 Å². The Bertz CT molecular complexity index is 554. The first-order chi connectivity index (χ1) is 9.46. The first-order valence-corrected chi connectivity index (χ1v) is 5.95. The van der Waals surface area contributed by atoms with Crippen LogP contribution < -0.4 is 10.6 Å². The quantitative estimate of drug-likeness (QED) is 0.767. The second kappa shape index (κ2) is 7.09. The third kappa shape index (κ3) is 4.57. The molecule has 0 aliphatic carbocycles. The van der Waals surface area contributed by atoms with Crippen LogP contribution in [-0.2, 0) is 4.79 Å². The SMILES string of the molecule is CCC(CC(=O)O)NC(=O)Nc1ccc(C#N)cc1F. The molecule has 1 rings (SSSR count). The average Bonchev–Trinajstić information content (AvgIpc) is 2.39. The van der Waals surface area contributed by atoms with Gasteiger partial charge < -0.3 is 15.7 Å². The Morgan fingerprint density at radius 3 is 2.70 bits per heavy atom. The molecule has 0 heterocycles. The smallest absolute Gasteiger partial charge is 0.319 e. The van der Waals surface area contributed by atoms with Crippen LogP contribution in [0.3, 0.4) is 0 Å². The Hall–Kier alpha value is -2.62. The van der Waals surface area contributed by atoms with E-state index >= 15 is 0 Å². The number of benzene rings is 1. The van der Waals surface area contributed by atoms with E-state index in [1.54, 1.807) is 13.0 Å². The van der Waals surface area contributed by atoms with E-state index in [2.05, 4.69) is 10.6 Å². The van der Waals surface area contributed by atoms with E-state index in [0.717, 1.165) is 6.07 Å². The highest BCUT2D eigenvalue weighted by molar-refractivity contribution is 5.89. The number of carbonyl (C=O) groups excluding carboxylic acids is 1. The van der Waals surface area contributed by atoms with Gasteiger partial charge in [-0.3, -0.25) is 4.79 Å². The van der Waals surface area contributed by atoms with Crippen molar-refractivity contribution in [1.29, 1.82) is 5.26 Å². The number of carboxylic acid groups (broad SMARTS) is 1. The molecule has 7 heteroatoms. The summed E-state index contributed by atoms with van der Waals surface area (Å²) in [5, 5.41) is 22.0. The maximum Gasteiger partial charge on any atom is 0.319 e. The van der Waals surface area contributed by atoms with Gasteiger partial charge in [0.25, 0.3) is 0 Å². The van der Waals surface area contributed by atoms with E-state index in [-0.39, 0.29) is 17.7 Å². The van der Waals surface area contributed by atoms with Gasteiger partial charge in [0.2, 0.25) is 0 Å². The van der Waals surface area contributed by atoms with Crippen LogP contribution in [-0.4, -0.2) is 23.1 Å². The maximum atomic E-state index is 13.5. The molecule has 0 spiro atoms. The summed E-state index contributed by atoms with van der Waals surface area (Å²) in [5.74, 6) is -1.76. The maximum absolute atomic E-state index is 13.5. The molecular formula is C13H14FN3O3. The van der Waals surface area contributed by atoms with Crippen LogP contribution in [0, 0.1) is 17.1 Å². The van der Waals surface area contributed by atoms with E-state index in [1.165, 1.54) is 12.1 Å². The molecule has 0 aromatic heterocycles. The first-order valence-electron chi connectivity index (χ1n) is 5.95. The largest absolute Gasteiger partial charge is 0.481 e. The van der Waals surface area contributed by atoms with Crippen molar-refractivity contribution in [3.63, 3.8) is 0 Å². The third-order valence-corrected chi connectivity index (χ3v) is 2.60. The van der Waals surface area contributed by atoms with Gasteiger partial charge in [0, 0.05) is 6.04 Å². The molecule has 3 N–H and O–H groups in total. The normalized spacial score (nSPS) is 11.2. The average molecular weight is 279 g/mol. The predicted octanol–water partition coefficient (Wildman–Crippen LogP) is 2.07. The summed E-state index contributed by atoms with van der Waals surface area (Å²) < 4.78 is 13.5. The molecule has 6 nitrogen and oxygen atoms in total. The van der Waals surface area contributed by atoms with Crippen molar-refractivity contribution in [1.82, 2.24) is 5.32 Å².